The first kappa shape index (κ1) is 10.9. The standard InChI is InChI=1S/C8H14N2O4/c9-5(6(11)12)2-1-4-3-8(4,10)7(13)14/h4-5H,1-3,9-10H2,(H,11,12)(H,13,14)/t4-,5-,8-/m0/s1. The van der Waals surface area contributed by atoms with E-state index in [1.54, 1.807) is 0 Å². The third kappa shape index (κ3) is 2.02. The first-order chi connectivity index (χ1) is 6.38. The van der Waals surface area contributed by atoms with Crippen LogP contribution in [0.5, 0.6) is 0 Å². The van der Waals surface area contributed by atoms with Gasteiger partial charge in [0, 0.05) is 0 Å². The Morgan fingerprint density at radius 1 is 1.50 bits per heavy atom. The topological polar surface area (TPSA) is 127 Å². The summed E-state index contributed by atoms with van der Waals surface area (Å²) in [7, 11) is 0. The second kappa shape index (κ2) is 3.55. The van der Waals surface area contributed by atoms with E-state index in [1.165, 1.54) is 0 Å². The summed E-state index contributed by atoms with van der Waals surface area (Å²) in [6, 6.07) is -0.923. The Balaban J connectivity index is 2.30. The van der Waals surface area contributed by atoms with Gasteiger partial charge in [0.2, 0.25) is 0 Å². The Kier molecular flexibility index (Phi) is 2.77. The number of nitrogens with two attached hydrogens (primary N) is 2. The first-order valence-electron chi connectivity index (χ1n) is 4.38. The lowest BCUT2D eigenvalue weighted by molar-refractivity contribution is -0.140. The Hall–Kier alpha value is -1.14. The monoisotopic (exact) mass is 202 g/mol. The van der Waals surface area contributed by atoms with E-state index in [-0.39, 0.29) is 12.3 Å². The van der Waals surface area contributed by atoms with Gasteiger partial charge >= 0.3 is 11.9 Å². The van der Waals surface area contributed by atoms with Crippen LogP contribution in [0.2, 0.25) is 0 Å². The van der Waals surface area contributed by atoms with E-state index in [1.807, 2.05) is 0 Å². The van der Waals surface area contributed by atoms with E-state index in [2.05, 4.69) is 0 Å². The molecule has 0 aromatic rings. The molecule has 0 aromatic carbocycles. The summed E-state index contributed by atoms with van der Waals surface area (Å²) < 4.78 is 0. The van der Waals surface area contributed by atoms with Crippen molar-refractivity contribution in [2.45, 2.75) is 30.8 Å². The van der Waals surface area contributed by atoms with Crippen LogP contribution in [0, 0.1) is 5.92 Å². The van der Waals surface area contributed by atoms with E-state index >= 15 is 0 Å². The predicted octanol–water partition coefficient (Wildman–Crippen LogP) is -1.02. The van der Waals surface area contributed by atoms with Crippen LogP contribution in [0.25, 0.3) is 0 Å². The minimum Gasteiger partial charge on any atom is -0.480 e. The minimum atomic E-state index is -1.14. The minimum absolute atomic E-state index is 0.134. The molecule has 6 heteroatoms. The molecule has 0 aliphatic heterocycles. The molecule has 0 unspecified atom stereocenters. The first-order valence-corrected chi connectivity index (χ1v) is 4.38. The van der Waals surface area contributed by atoms with Crippen LogP contribution in [0.15, 0.2) is 0 Å². The van der Waals surface area contributed by atoms with Crippen LogP contribution in [0.1, 0.15) is 19.3 Å². The fourth-order valence-corrected chi connectivity index (χ4v) is 1.47. The molecule has 1 aliphatic rings. The normalized spacial score (nSPS) is 32.3. The van der Waals surface area contributed by atoms with E-state index in [4.69, 9.17) is 21.7 Å². The Bertz CT molecular complexity index is 268. The van der Waals surface area contributed by atoms with Crippen LogP contribution in [0.4, 0.5) is 0 Å². The summed E-state index contributed by atoms with van der Waals surface area (Å²) in [5.41, 5.74) is 9.64. The van der Waals surface area contributed by atoms with Crippen molar-refractivity contribution in [3.63, 3.8) is 0 Å². The molecule has 1 rings (SSSR count). The van der Waals surface area contributed by atoms with Gasteiger partial charge in [-0.15, -0.1) is 0 Å². The third-order valence-corrected chi connectivity index (χ3v) is 2.69. The average Bonchev–Trinajstić information content (AvgIpc) is 2.74. The van der Waals surface area contributed by atoms with Gasteiger partial charge in [-0.1, -0.05) is 0 Å². The van der Waals surface area contributed by atoms with E-state index in [9.17, 15) is 9.59 Å². The average molecular weight is 202 g/mol. The molecule has 6 N–H and O–H groups in total. The predicted molar refractivity (Wildman–Crippen MR) is 47.5 cm³/mol. The molecule has 3 atom stereocenters. The molecule has 0 heterocycles. The van der Waals surface area contributed by atoms with Crippen LogP contribution in [-0.4, -0.2) is 33.7 Å². The summed E-state index contributed by atoms with van der Waals surface area (Å²) in [6.45, 7) is 0. The Morgan fingerprint density at radius 3 is 2.43 bits per heavy atom. The maximum Gasteiger partial charge on any atom is 0.323 e. The zero-order valence-electron chi connectivity index (χ0n) is 7.64. The zero-order chi connectivity index (χ0) is 10.9. The molecule has 0 saturated heterocycles. The van der Waals surface area contributed by atoms with Gasteiger partial charge in [0.15, 0.2) is 0 Å². The molecule has 80 valence electrons. The highest BCUT2D eigenvalue weighted by Gasteiger charge is 2.56. The molecule has 0 bridgehead atoms. The van der Waals surface area contributed by atoms with E-state index in [0.717, 1.165) is 0 Å². The van der Waals surface area contributed by atoms with E-state index < -0.39 is 23.5 Å². The second-order valence-electron chi connectivity index (χ2n) is 3.77. The van der Waals surface area contributed by atoms with Gasteiger partial charge in [-0.2, -0.15) is 0 Å². The van der Waals surface area contributed by atoms with Crippen molar-refractivity contribution in [3.8, 4) is 0 Å². The van der Waals surface area contributed by atoms with Gasteiger partial charge < -0.3 is 21.7 Å². The van der Waals surface area contributed by atoms with E-state index in [0.29, 0.717) is 12.8 Å². The molecule has 1 saturated carbocycles. The zero-order valence-corrected chi connectivity index (χ0v) is 7.64. The van der Waals surface area contributed by atoms with Crippen molar-refractivity contribution in [2.75, 3.05) is 0 Å². The number of carbonyl (C=O) groups is 2. The van der Waals surface area contributed by atoms with Gasteiger partial charge in [0.25, 0.3) is 0 Å². The summed E-state index contributed by atoms with van der Waals surface area (Å²) in [6.07, 6.45) is 1.14. The highest BCUT2D eigenvalue weighted by molar-refractivity contribution is 5.82. The van der Waals surface area contributed by atoms with Crippen molar-refractivity contribution in [1.29, 1.82) is 0 Å². The van der Waals surface area contributed by atoms with Crippen LogP contribution in [-0.2, 0) is 9.59 Å². The van der Waals surface area contributed by atoms with Gasteiger partial charge in [-0.3, -0.25) is 9.59 Å². The van der Waals surface area contributed by atoms with Crippen molar-refractivity contribution >= 4 is 11.9 Å². The van der Waals surface area contributed by atoms with Gasteiger partial charge in [0.05, 0.1) is 0 Å². The lowest BCUT2D eigenvalue weighted by Gasteiger charge is -2.07. The molecule has 0 amide bonds. The quantitative estimate of drug-likeness (QED) is 0.452. The van der Waals surface area contributed by atoms with Crippen molar-refractivity contribution in [1.82, 2.24) is 0 Å². The maximum absolute atomic E-state index is 10.6. The molecule has 6 nitrogen and oxygen atoms in total. The van der Waals surface area contributed by atoms with Gasteiger partial charge in [0.1, 0.15) is 11.6 Å². The summed E-state index contributed by atoms with van der Waals surface area (Å²) >= 11 is 0. The maximum atomic E-state index is 10.6. The summed E-state index contributed by atoms with van der Waals surface area (Å²) in [5, 5.41) is 17.2. The van der Waals surface area contributed by atoms with Crippen LogP contribution >= 0.6 is 0 Å². The van der Waals surface area contributed by atoms with Crippen molar-refractivity contribution in [2.24, 2.45) is 17.4 Å². The van der Waals surface area contributed by atoms with Gasteiger partial charge in [-0.05, 0) is 25.2 Å². The highest BCUT2D eigenvalue weighted by atomic mass is 16.4. The fourth-order valence-electron chi connectivity index (χ4n) is 1.47. The van der Waals surface area contributed by atoms with Crippen LogP contribution in [0.3, 0.4) is 0 Å². The summed E-state index contributed by atoms with van der Waals surface area (Å²) in [4.78, 5) is 21.0. The number of carboxylic acids is 2. The smallest absolute Gasteiger partial charge is 0.323 e. The second-order valence-corrected chi connectivity index (χ2v) is 3.77. The molecule has 1 aliphatic carbocycles. The molecule has 0 radical (unpaired) electrons. The Labute approximate surface area is 80.9 Å². The number of aliphatic carboxylic acids is 2. The van der Waals surface area contributed by atoms with Crippen LogP contribution < -0.4 is 11.5 Å². The van der Waals surface area contributed by atoms with Crippen molar-refractivity contribution < 1.29 is 19.8 Å². The number of carboxylic acid groups (broad SMARTS) is 2. The molecular formula is C8H14N2O4. The third-order valence-electron chi connectivity index (χ3n) is 2.69. The van der Waals surface area contributed by atoms with Gasteiger partial charge in [-0.25, -0.2) is 0 Å². The molecule has 1 fully saturated rings. The fraction of sp³-hybridized carbons (Fsp3) is 0.750. The SMILES string of the molecule is N[C@@H](CC[C@H]1C[C@@]1(N)C(=O)O)C(=O)O. The van der Waals surface area contributed by atoms with Crippen molar-refractivity contribution in [3.05, 3.63) is 0 Å². The number of rotatable bonds is 5. The lowest BCUT2D eigenvalue weighted by Crippen LogP contribution is -2.36. The highest BCUT2D eigenvalue weighted by Crippen LogP contribution is 2.44. The number of hydrogen-bond donors (Lipinski definition) is 4. The number of hydrogen-bond acceptors (Lipinski definition) is 4. The molecule has 14 heavy (non-hydrogen) atoms. The molecular weight excluding hydrogens is 188 g/mol. The lowest BCUT2D eigenvalue weighted by atomic mass is 10.1. The largest absolute Gasteiger partial charge is 0.480 e. The molecule has 0 aromatic heterocycles. The Morgan fingerprint density at radius 2 is 2.07 bits per heavy atom. The summed E-state index contributed by atoms with van der Waals surface area (Å²) in [5.74, 6) is -2.22. The molecule has 0 spiro atoms.